The Morgan fingerprint density at radius 1 is 1.21 bits per heavy atom. The van der Waals surface area contributed by atoms with Gasteiger partial charge in [-0.1, -0.05) is 69.2 Å². The second kappa shape index (κ2) is 13.0. The zero-order chi connectivity index (χ0) is 30.7. The number of methoxy groups -OCH3 is 1. The van der Waals surface area contributed by atoms with E-state index in [0.717, 1.165) is 10.0 Å². The van der Waals surface area contributed by atoms with Gasteiger partial charge in [0.1, 0.15) is 6.61 Å². The molecule has 0 amide bonds. The van der Waals surface area contributed by atoms with Crippen LogP contribution in [-0.2, 0) is 16.1 Å². The fraction of sp³-hybridized carbons (Fsp3) is 0.188. The molecule has 5 rings (SSSR count). The van der Waals surface area contributed by atoms with Gasteiger partial charge in [-0.15, -0.1) is 0 Å². The first-order valence-corrected chi connectivity index (χ1v) is 15.2. The van der Waals surface area contributed by atoms with Crippen LogP contribution >= 0.6 is 38.9 Å². The average molecular weight is 679 g/mol. The van der Waals surface area contributed by atoms with Gasteiger partial charge in [-0.2, -0.15) is 5.26 Å². The Hall–Kier alpha value is -4.17. The van der Waals surface area contributed by atoms with Crippen molar-refractivity contribution in [1.82, 2.24) is 4.57 Å². The van der Waals surface area contributed by atoms with Gasteiger partial charge in [0.2, 0.25) is 0 Å². The minimum atomic E-state index is -0.712. The number of hydrogen-bond acceptors (Lipinski definition) is 8. The van der Waals surface area contributed by atoms with E-state index in [0.29, 0.717) is 48.8 Å². The maximum atomic E-state index is 13.9. The Kier molecular flexibility index (Phi) is 9.16. The molecule has 218 valence electrons. The number of benzene rings is 3. The smallest absolute Gasteiger partial charge is 0.338 e. The molecule has 0 fully saturated rings. The largest absolute Gasteiger partial charge is 0.493 e. The molecular formula is C32H25BrClN3O5S. The summed E-state index contributed by atoms with van der Waals surface area (Å²) in [4.78, 5) is 32.1. The number of aromatic nitrogens is 1. The lowest BCUT2D eigenvalue weighted by Gasteiger charge is -2.24. The van der Waals surface area contributed by atoms with Crippen LogP contribution in [0, 0.1) is 11.3 Å². The first-order valence-electron chi connectivity index (χ1n) is 13.2. The minimum Gasteiger partial charge on any atom is -0.493 e. The molecule has 0 unspecified atom stereocenters. The highest BCUT2D eigenvalue weighted by Crippen LogP contribution is 2.37. The molecule has 2 heterocycles. The second-order valence-corrected chi connectivity index (χ2v) is 11.8. The molecule has 0 bridgehead atoms. The van der Waals surface area contributed by atoms with Crippen molar-refractivity contribution >= 4 is 50.9 Å². The van der Waals surface area contributed by atoms with Crippen LogP contribution in [0.4, 0.5) is 0 Å². The molecule has 3 aromatic carbocycles. The third-order valence-electron chi connectivity index (χ3n) is 6.76. The zero-order valence-electron chi connectivity index (χ0n) is 23.4. The lowest BCUT2D eigenvalue weighted by Crippen LogP contribution is -2.39. The van der Waals surface area contributed by atoms with Crippen molar-refractivity contribution in [2.24, 2.45) is 4.99 Å². The summed E-state index contributed by atoms with van der Waals surface area (Å²) >= 11 is 11.3. The van der Waals surface area contributed by atoms with Crippen LogP contribution in [0.2, 0.25) is 5.02 Å². The van der Waals surface area contributed by atoms with Gasteiger partial charge in [-0.05, 0) is 61.4 Å². The van der Waals surface area contributed by atoms with E-state index in [1.807, 2.05) is 36.4 Å². The summed E-state index contributed by atoms with van der Waals surface area (Å²) in [6.07, 6.45) is 1.70. The van der Waals surface area contributed by atoms with Gasteiger partial charge in [0.15, 0.2) is 16.3 Å². The van der Waals surface area contributed by atoms with Gasteiger partial charge >= 0.3 is 5.97 Å². The fourth-order valence-corrected chi connectivity index (χ4v) is 6.36. The van der Waals surface area contributed by atoms with Crippen molar-refractivity contribution in [3.05, 3.63) is 123 Å². The summed E-state index contributed by atoms with van der Waals surface area (Å²) in [6, 6.07) is 19.4. The molecular weight excluding hydrogens is 654 g/mol. The van der Waals surface area contributed by atoms with Crippen LogP contribution in [0.25, 0.3) is 6.08 Å². The number of carbonyl (C=O) groups excluding carboxylic acids is 1. The van der Waals surface area contributed by atoms with Crippen LogP contribution in [0.15, 0.2) is 86.2 Å². The van der Waals surface area contributed by atoms with Crippen molar-refractivity contribution in [2.45, 2.75) is 26.5 Å². The third-order valence-corrected chi connectivity index (χ3v) is 8.55. The number of nitriles is 1. The van der Waals surface area contributed by atoms with Crippen LogP contribution in [0.3, 0.4) is 0 Å². The number of fused-ring (bicyclic) bond motifs is 1. The molecule has 43 heavy (non-hydrogen) atoms. The number of nitrogens with zero attached hydrogens (tertiary/aromatic N) is 3. The molecule has 1 aromatic heterocycles. The zero-order valence-corrected chi connectivity index (χ0v) is 26.5. The maximum Gasteiger partial charge on any atom is 0.338 e. The van der Waals surface area contributed by atoms with Crippen molar-refractivity contribution in [3.63, 3.8) is 0 Å². The van der Waals surface area contributed by atoms with Crippen LogP contribution < -0.4 is 24.4 Å². The molecule has 0 aliphatic carbocycles. The van der Waals surface area contributed by atoms with E-state index in [2.05, 4.69) is 27.0 Å². The summed E-state index contributed by atoms with van der Waals surface area (Å²) < 4.78 is 19.7. The van der Waals surface area contributed by atoms with Crippen LogP contribution in [-0.4, -0.2) is 24.3 Å². The number of ether oxygens (including phenoxy) is 3. The van der Waals surface area contributed by atoms with Gasteiger partial charge in [0.05, 0.1) is 52.2 Å². The third kappa shape index (κ3) is 6.15. The van der Waals surface area contributed by atoms with E-state index in [-0.39, 0.29) is 23.8 Å². The monoisotopic (exact) mass is 677 g/mol. The molecule has 0 spiro atoms. The number of rotatable bonds is 8. The van der Waals surface area contributed by atoms with Gasteiger partial charge in [-0.25, -0.2) is 9.79 Å². The Morgan fingerprint density at radius 3 is 2.65 bits per heavy atom. The number of carbonyl (C=O) groups is 1. The SMILES string of the molecule is CCOC(=O)C1=C(C)N=c2s/c(=C\c3cc(Cl)c(OCc4ccccc4C#N)c(OC)c3)c(=O)n2[C@H]1c1ccc(Br)cc1. The molecule has 0 saturated carbocycles. The van der Waals surface area contributed by atoms with E-state index in [1.54, 1.807) is 44.2 Å². The number of allylic oxidation sites excluding steroid dienone is 1. The number of hydrogen-bond donors (Lipinski definition) is 0. The number of thiazole rings is 1. The summed E-state index contributed by atoms with van der Waals surface area (Å²) in [5.74, 6) is 0.171. The first-order chi connectivity index (χ1) is 20.7. The topological polar surface area (TPSA) is 103 Å². The van der Waals surface area contributed by atoms with Crippen molar-refractivity contribution < 1.29 is 19.0 Å². The Labute approximate surface area is 264 Å². The van der Waals surface area contributed by atoms with E-state index in [9.17, 15) is 14.9 Å². The van der Waals surface area contributed by atoms with Gasteiger partial charge in [0.25, 0.3) is 5.56 Å². The Bertz CT molecular complexity index is 1980. The molecule has 1 aliphatic rings. The number of halogens is 2. The van der Waals surface area contributed by atoms with Gasteiger partial charge in [0, 0.05) is 10.0 Å². The van der Waals surface area contributed by atoms with Gasteiger partial charge < -0.3 is 14.2 Å². The highest BCUT2D eigenvalue weighted by Gasteiger charge is 2.33. The molecule has 1 atom stereocenters. The molecule has 4 aromatic rings. The Balaban J connectivity index is 1.57. The Morgan fingerprint density at radius 2 is 1.95 bits per heavy atom. The fourth-order valence-electron chi connectivity index (χ4n) is 4.77. The predicted octanol–water partition coefficient (Wildman–Crippen LogP) is 5.67. The minimum absolute atomic E-state index is 0.121. The van der Waals surface area contributed by atoms with Crippen LogP contribution in [0.5, 0.6) is 11.5 Å². The maximum absolute atomic E-state index is 13.9. The van der Waals surface area contributed by atoms with Crippen molar-refractivity contribution in [2.75, 3.05) is 13.7 Å². The average Bonchev–Trinajstić information content (AvgIpc) is 3.30. The van der Waals surface area contributed by atoms with E-state index in [4.69, 9.17) is 25.8 Å². The van der Waals surface area contributed by atoms with Crippen LogP contribution in [0.1, 0.15) is 42.1 Å². The quantitative estimate of drug-likeness (QED) is 0.223. The van der Waals surface area contributed by atoms with Crippen molar-refractivity contribution in [3.8, 4) is 17.6 Å². The second-order valence-electron chi connectivity index (χ2n) is 9.45. The lowest BCUT2D eigenvalue weighted by molar-refractivity contribution is -0.139. The van der Waals surface area contributed by atoms with E-state index < -0.39 is 12.0 Å². The van der Waals surface area contributed by atoms with E-state index >= 15 is 0 Å². The summed E-state index contributed by atoms with van der Waals surface area (Å²) in [7, 11) is 1.50. The highest BCUT2D eigenvalue weighted by atomic mass is 79.9. The molecule has 8 nitrogen and oxygen atoms in total. The first kappa shape index (κ1) is 30.3. The molecule has 0 saturated heterocycles. The number of esters is 1. The molecule has 1 aliphatic heterocycles. The predicted molar refractivity (Wildman–Crippen MR) is 168 cm³/mol. The summed E-state index contributed by atoms with van der Waals surface area (Å²) in [5.41, 5.74) is 3.07. The molecule has 11 heteroatoms. The normalized spacial score (nSPS) is 14.5. The highest BCUT2D eigenvalue weighted by molar-refractivity contribution is 9.10. The molecule has 0 N–H and O–H groups in total. The summed E-state index contributed by atoms with van der Waals surface area (Å²) in [5, 5.41) is 9.66. The standard InChI is InChI=1S/C32H25BrClN3O5S/c1-4-41-31(39)27-18(2)36-32-37(28(27)20-9-11-23(33)12-10-20)30(38)26(43-32)15-19-13-24(34)29(25(14-19)40-3)42-17-22-8-6-5-7-21(22)16-35/h5-15,28H,4,17H2,1-3H3/b26-15-/t28-/m0/s1. The molecule has 0 radical (unpaired) electrons. The lowest BCUT2D eigenvalue weighted by atomic mass is 9.96. The van der Waals surface area contributed by atoms with E-state index in [1.165, 1.54) is 23.0 Å². The van der Waals surface area contributed by atoms with Gasteiger partial charge in [-0.3, -0.25) is 9.36 Å². The van der Waals surface area contributed by atoms with Crippen molar-refractivity contribution in [1.29, 1.82) is 5.26 Å². The summed E-state index contributed by atoms with van der Waals surface area (Å²) in [6.45, 7) is 3.79.